The van der Waals surface area contributed by atoms with Gasteiger partial charge in [0.1, 0.15) is 16.4 Å². The van der Waals surface area contributed by atoms with Crippen molar-refractivity contribution in [2.75, 3.05) is 5.73 Å². The quantitative estimate of drug-likeness (QED) is 0.263. The molecule has 0 fully saturated rings. The van der Waals surface area contributed by atoms with Gasteiger partial charge in [0.15, 0.2) is 0 Å². The Kier molecular flexibility index (Phi) is 5.82. The SMILES string of the molecule is C/C=C\C(CC)=Nc1cc(S(=O)(=O)O)c(N)c2c(O)c(C)c(CC)c(O)c12. The maximum absolute atomic E-state index is 11.8. The predicted octanol–water partition coefficient (Wildman–Crippen LogP) is 4.01. The lowest BCUT2D eigenvalue weighted by molar-refractivity contribution is 0.460. The number of hydrogen-bond donors (Lipinski definition) is 4. The number of nitrogens with two attached hydrogens (primary N) is 1. The number of benzene rings is 2. The smallest absolute Gasteiger partial charge is 0.296 e. The zero-order valence-corrected chi connectivity index (χ0v) is 16.6. The first-order valence-corrected chi connectivity index (χ1v) is 9.99. The van der Waals surface area contributed by atoms with Crippen LogP contribution in [0.2, 0.25) is 0 Å². The molecule has 7 nitrogen and oxygen atoms in total. The Morgan fingerprint density at radius 3 is 2.33 bits per heavy atom. The van der Waals surface area contributed by atoms with Crippen molar-refractivity contribution < 1.29 is 23.2 Å². The summed E-state index contributed by atoms with van der Waals surface area (Å²) >= 11 is 0. The number of anilines is 1. The molecule has 0 saturated heterocycles. The Labute approximate surface area is 158 Å². The van der Waals surface area contributed by atoms with Gasteiger partial charge >= 0.3 is 0 Å². The summed E-state index contributed by atoms with van der Waals surface area (Å²) in [7, 11) is -4.67. The van der Waals surface area contributed by atoms with Crippen molar-refractivity contribution in [3.63, 3.8) is 0 Å². The molecule has 0 aliphatic carbocycles. The highest BCUT2D eigenvalue weighted by atomic mass is 32.2. The number of hydrogen-bond acceptors (Lipinski definition) is 6. The molecule has 27 heavy (non-hydrogen) atoms. The standard InChI is InChI=1S/C19H24N2O5S/c1-5-8-11(6-2)21-13-9-14(27(24,25)26)17(20)16-15(13)19(23)12(7-3)10(4)18(16)22/h5,8-9,22-23H,6-7,20H2,1-4H3,(H,24,25,26)/b8-5-,21-11?. The summed E-state index contributed by atoms with van der Waals surface area (Å²) in [6, 6.07) is 1.11. The van der Waals surface area contributed by atoms with Gasteiger partial charge in [0, 0.05) is 11.3 Å². The molecule has 0 heterocycles. The Hall–Kier alpha value is -2.58. The monoisotopic (exact) mass is 392 g/mol. The molecule has 2 aromatic carbocycles. The molecule has 0 atom stereocenters. The van der Waals surface area contributed by atoms with E-state index in [9.17, 15) is 23.2 Å². The Morgan fingerprint density at radius 1 is 1.22 bits per heavy atom. The van der Waals surface area contributed by atoms with Crippen molar-refractivity contribution in [1.29, 1.82) is 0 Å². The van der Waals surface area contributed by atoms with Gasteiger partial charge in [-0.15, -0.1) is 0 Å². The largest absolute Gasteiger partial charge is 0.507 e. The molecule has 0 aliphatic rings. The molecule has 2 rings (SSSR count). The lowest BCUT2D eigenvalue weighted by Crippen LogP contribution is -2.05. The summed E-state index contributed by atoms with van der Waals surface area (Å²) in [6.45, 7) is 7.12. The van der Waals surface area contributed by atoms with Gasteiger partial charge < -0.3 is 15.9 Å². The molecule has 146 valence electrons. The second-order valence-electron chi connectivity index (χ2n) is 6.14. The van der Waals surface area contributed by atoms with E-state index < -0.39 is 15.0 Å². The third kappa shape index (κ3) is 3.63. The van der Waals surface area contributed by atoms with Gasteiger partial charge in [-0.1, -0.05) is 19.9 Å². The van der Waals surface area contributed by atoms with Crippen LogP contribution in [0, 0.1) is 6.92 Å². The van der Waals surface area contributed by atoms with Crippen molar-refractivity contribution in [2.45, 2.75) is 45.4 Å². The van der Waals surface area contributed by atoms with E-state index in [0.717, 1.165) is 6.07 Å². The molecular formula is C19H24N2O5S. The Balaban J connectivity index is 3.17. The van der Waals surface area contributed by atoms with Gasteiger partial charge in [-0.25, -0.2) is 0 Å². The predicted molar refractivity (Wildman–Crippen MR) is 108 cm³/mol. The minimum Gasteiger partial charge on any atom is -0.507 e. The summed E-state index contributed by atoms with van der Waals surface area (Å²) in [5, 5.41) is 21.6. The highest BCUT2D eigenvalue weighted by molar-refractivity contribution is 7.86. The molecule has 5 N–H and O–H groups in total. The molecular weight excluding hydrogens is 368 g/mol. The first-order valence-electron chi connectivity index (χ1n) is 8.55. The van der Waals surface area contributed by atoms with Gasteiger partial charge in [-0.3, -0.25) is 9.55 Å². The van der Waals surface area contributed by atoms with Crippen LogP contribution < -0.4 is 5.73 Å². The second-order valence-corrected chi connectivity index (χ2v) is 7.53. The molecule has 8 heteroatoms. The first kappa shape index (κ1) is 20.7. The summed E-state index contributed by atoms with van der Waals surface area (Å²) in [5.41, 5.74) is 7.25. The molecule has 0 aliphatic heterocycles. The second kappa shape index (κ2) is 7.58. The van der Waals surface area contributed by atoms with Gasteiger partial charge in [0.05, 0.1) is 22.1 Å². The molecule has 2 aromatic rings. The van der Waals surface area contributed by atoms with E-state index in [1.165, 1.54) is 0 Å². The van der Waals surface area contributed by atoms with Crippen LogP contribution in [0.1, 0.15) is 38.3 Å². The van der Waals surface area contributed by atoms with Crippen molar-refractivity contribution in [2.24, 2.45) is 4.99 Å². The summed E-state index contributed by atoms with van der Waals surface area (Å²) < 4.78 is 33.2. The van der Waals surface area contributed by atoms with Crippen LogP contribution in [0.15, 0.2) is 28.1 Å². The van der Waals surface area contributed by atoms with Crippen LogP contribution >= 0.6 is 0 Å². The minimum absolute atomic E-state index is 0.0491. The first-order chi connectivity index (χ1) is 12.6. The number of fused-ring (bicyclic) bond motifs is 1. The highest BCUT2D eigenvalue weighted by Gasteiger charge is 2.25. The van der Waals surface area contributed by atoms with Crippen LogP contribution in [0.5, 0.6) is 11.5 Å². The van der Waals surface area contributed by atoms with Crippen LogP contribution in [0.4, 0.5) is 11.4 Å². The lowest BCUT2D eigenvalue weighted by Gasteiger charge is -2.18. The Morgan fingerprint density at radius 2 is 1.85 bits per heavy atom. The van der Waals surface area contributed by atoms with Crippen molar-refractivity contribution in [1.82, 2.24) is 0 Å². The van der Waals surface area contributed by atoms with E-state index in [1.54, 1.807) is 19.1 Å². The third-order valence-electron chi connectivity index (χ3n) is 4.49. The number of nitrogen functional groups attached to an aromatic ring is 1. The van der Waals surface area contributed by atoms with E-state index in [1.807, 2.05) is 20.8 Å². The lowest BCUT2D eigenvalue weighted by atomic mass is 9.95. The van der Waals surface area contributed by atoms with Crippen LogP contribution in [0.25, 0.3) is 10.8 Å². The van der Waals surface area contributed by atoms with E-state index in [-0.39, 0.29) is 33.6 Å². The van der Waals surface area contributed by atoms with E-state index in [2.05, 4.69) is 4.99 Å². The molecule has 0 bridgehead atoms. The van der Waals surface area contributed by atoms with Crippen molar-refractivity contribution in [3.05, 3.63) is 29.3 Å². The van der Waals surface area contributed by atoms with Crippen LogP contribution in [-0.4, -0.2) is 28.9 Å². The maximum Gasteiger partial charge on any atom is 0.296 e. The molecule has 0 spiro atoms. The number of phenols is 2. The van der Waals surface area contributed by atoms with Crippen molar-refractivity contribution in [3.8, 4) is 11.5 Å². The summed E-state index contributed by atoms with van der Waals surface area (Å²) in [6.07, 6.45) is 4.53. The average molecular weight is 392 g/mol. The summed E-state index contributed by atoms with van der Waals surface area (Å²) in [4.78, 5) is 3.88. The average Bonchev–Trinajstić information content (AvgIpc) is 2.59. The van der Waals surface area contributed by atoms with E-state index >= 15 is 0 Å². The van der Waals surface area contributed by atoms with Gasteiger partial charge in [0.2, 0.25) is 0 Å². The highest BCUT2D eigenvalue weighted by Crippen LogP contribution is 2.48. The molecule has 0 amide bonds. The normalized spacial score (nSPS) is 13.0. The number of allylic oxidation sites excluding steroid dienone is 2. The summed E-state index contributed by atoms with van der Waals surface area (Å²) in [5.74, 6) is -0.366. The minimum atomic E-state index is -4.67. The fraction of sp³-hybridized carbons (Fsp3) is 0.316. The van der Waals surface area contributed by atoms with Gasteiger partial charge in [0.25, 0.3) is 10.1 Å². The zero-order chi connectivity index (χ0) is 20.5. The molecule has 0 radical (unpaired) electrons. The Bertz CT molecular complexity index is 1070. The molecule has 0 unspecified atom stereocenters. The number of aromatic hydroxyl groups is 2. The van der Waals surface area contributed by atoms with Crippen molar-refractivity contribution >= 4 is 38.0 Å². The number of aliphatic imine (C=N–C) groups is 1. The number of phenolic OH excluding ortho intramolecular Hbond substituents is 2. The fourth-order valence-electron chi connectivity index (χ4n) is 3.12. The number of rotatable bonds is 5. The van der Waals surface area contributed by atoms with Gasteiger partial charge in [-0.05, 0) is 44.4 Å². The maximum atomic E-state index is 11.8. The van der Waals surface area contributed by atoms with Crippen LogP contribution in [-0.2, 0) is 16.5 Å². The zero-order valence-electron chi connectivity index (χ0n) is 15.7. The third-order valence-corrected chi connectivity index (χ3v) is 5.39. The molecule has 0 saturated carbocycles. The van der Waals surface area contributed by atoms with Crippen LogP contribution in [0.3, 0.4) is 0 Å². The topological polar surface area (TPSA) is 133 Å². The van der Waals surface area contributed by atoms with E-state index in [0.29, 0.717) is 29.7 Å². The number of nitrogens with zero attached hydrogens (tertiary/aromatic N) is 1. The molecule has 0 aromatic heterocycles. The van der Waals surface area contributed by atoms with E-state index in [4.69, 9.17) is 5.73 Å². The van der Waals surface area contributed by atoms with Gasteiger partial charge in [-0.2, -0.15) is 8.42 Å². The fourth-order valence-corrected chi connectivity index (χ4v) is 3.76.